The fourth-order valence-corrected chi connectivity index (χ4v) is 4.31. The average molecular weight is 337 g/mol. The van der Waals surface area contributed by atoms with Gasteiger partial charge in [-0.2, -0.15) is 0 Å². The molecule has 4 heteroatoms. The third-order valence-corrected chi connectivity index (χ3v) is 5.92. The molecular formula is C20H36N2O2. The molecule has 0 saturated heterocycles. The van der Waals surface area contributed by atoms with E-state index >= 15 is 0 Å². The Labute approximate surface area is 147 Å². The summed E-state index contributed by atoms with van der Waals surface area (Å²) in [5.74, 6) is 1.39. The summed E-state index contributed by atoms with van der Waals surface area (Å²) in [4.78, 5) is 26.4. The third kappa shape index (κ3) is 6.45. The van der Waals surface area contributed by atoms with Crippen LogP contribution in [0.3, 0.4) is 0 Å². The van der Waals surface area contributed by atoms with Crippen LogP contribution in [0.1, 0.15) is 84.0 Å². The van der Waals surface area contributed by atoms with Crippen molar-refractivity contribution in [1.82, 2.24) is 10.2 Å². The number of hydrogen-bond acceptors (Lipinski definition) is 2. The summed E-state index contributed by atoms with van der Waals surface area (Å²) in [6.07, 6.45) is 14.5. The van der Waals surface area contributed by atoms with Gasteiger partial charge in [-0.25, -0.2) is 0 Å². The monoisotopic (exact) mass is 336 g/mol. The van der Waals surface area contributed by atoms with Crippen molar-refractivity contribution in [2.75, 3.05) is 13.6 Å². The molecule has 2 aliphatic carbocycles. The van der Waals surface area contributed by atoms with E-state index in [4.69, 9.17) is 0 Å². The van der Waals surface area contributed by atoms with Gasteiger partial charge in [0.2, 0.25) is 11.8 Å². The molecule has 1 atom stereocenters. The predicted molar refractivity (Wildman–Crippen MR) is 97.6 cm³/mol. The summed E-state index contributed by atoms with van der Waals surface area (Å²) in [5, 5.41) is 2.92. The quantitative estimate of drug-likeness (QED) is 0.767. The highest BCUT2D eigenvalue weighted by molar-refractivity contribution is 5.87. The molecular weight excluding hydrogens is 300 g/mol. The molecule has 0 bridgehead atoms. The second-order valence-corrected chi connectivity index (χ2v) is 8.05. The smallest absolute Gasteiger partial charge is 0.244 e. The van der Waals surface area contributed by atoms with Gasteiger partial charge in [-0.3, -0.25) is 9.59 Å². The normalized spacial score (nSPS) is 21.2. The second-order valence-electron chi connectivity index (χ2n) is 8.05. The lowest BCUT2D eigenvalue weighted by Crippen LogP contribution is -2.46. The predicted octanol–water partition coefficient (Wildman–Crippen LogP) is 3.89. The van der Waals surface area contributed by atoms with Gasteiger partial charge < -0.3 is 10.2 Å². The first kappa shape index (κ1) is 19.3. The lowest BCUT2D eigenvalue weighted by Gasteiger charge is -2.27. The summed E-state index contributed by atoms with van der Waals surface area (Å²) in [7, 11) is 1.87. The maximum absolute atomic E-state index is 12.5. The Kier molecular flexibility index (Phi) is 8.07. The first-order valence-corrected chi connectivity index (χ1v) is 10.1. The van der Waals surface area contributed by atoms with Crippen LogP contribution in [0, 0.1) is 11.8 Å². The van der Waals surface area contributed by atoms with Crippen LogP contribution in [0.15, 0.2) is 0 Å². The van der Waals surface area contributed by atoms with Gasteiger partial charge in [0.15, 0.2) is 0 Å². The molecule has 1 unspecified atom stereocenters. The minimum Gasteiger partial charge on any atom is -0.345 e. The summed E-state index contributed by atoms with van der Waals surface area (Å²) >= 11 is 0. The molecule has 0 aromatic heterocycles. The average Bonchev–Trinajstić information content (AvgIpc) is 2.60. The lowest BCUT2D eigenvalue weighted by molar-refractivity contribution is -0.135. The van der Waals surface area contributed by atoms with Crippen molar-refractivity contribution in [3.8, 4) is 0 Å². The molecule has 1 N–H and O–H groups in total. The summed E-state index contributed by atoms with van der Waals surface area (Å²) in [5.41, 5.74) is 0. The second kappa shape index (κ2) is 10.0. The Morgan fingerprint density at radius 1 is 0.958 bits per heavy atom. The summed E-state index contributed by atoms with van der Waals surface area (Å²) in [6.45, 7) is 2.63. The molecule has 2 amide bonds. The van der Waals surface area contributed by atoms with Crippen LogP contribution in [-0.2, 0) is 9.59 Å². The maximum Gasteiger partial charge on any atom is 0.244 e. The first-order chi connectivity index (χ1) is 11.6. The molecule has 0 aromatic rings. The molecule has 2 rings (SSSR count). The molecule has 0 aromatic carbocycles. The number of carbonyl (C=O) groups is 2. The zero-order chi connectivity index (χ0) is 17.4. The van der Waals surface area contributed by atoms with E-state index in [1.165, 1.54) is 51.4 Å². The van der Waals surface area contributed by atoms with E-state index in [2.05, 4.69) is 5.32 Å². The van der Waals surface area contributed by atoms with E-state index < -0.39 is 6.04 Å². The topological polar surface area (TPSA) is 49.4 Å². The molecule has 2 fully saturated rings. The lowest BCUT2D eigenvalue weighted by atomic mass is 9.87. The third-order valence-electron chi connectivity index (χ3n) is 5.92. The molecule has 2 saturated carbocycles. The molecule has 0 heterocycles. The molecule has 24 heavy (non-hydrogen) atoms. The molecule has 0 radical (unpaired) electrons. The molecule has 0 aliphatic heterocycles. The van der Waals surface area contributed by atoms with Crippen LogP contribution in [0.4, 0.5) is 0 Å². The van der Waals surface area contributed by atoms with Crippen molar-refractivity contribution in [2.24, 2.45) is 11.8 Å². The Balaban J connectivity index is 1.66. The van der Waals surface area contributed by atoms with Gasteiger partial charge in [0.05, 0.1) is 0 Å². The van der Waals surface area contributed by atoms with Gasteiger partial charge in [-0.15, -0.1) is 0 Å². The van der Waals surface area contributed by atoms with E-state index in [1.54, 1.807) is 4.90 Å². The molecule has 0 spiro atoms. The first-order valence-electron chi connectivity index (χ1n) is 10.1. The van der Waals surface area contributed by atoms with Crippen molar-refractivity contribution >= 4 is 11.8 Å². The maximum atomic E-state index is 12.5. The van der Waals surface area contributed by atoms with E-state index in [0.717, 1.165) is 31.7 Å². The van der Waals surface area contributed by atoms with Crippen LogP contribution in [0.25, 0.3) is 0 Å². The minimum absolute atomic E-state index is 0.0443. The Morgan fingerprint density at radius 2 is 1.50 bits per heavy atom. The summed E-state index contributed by atoms with van der Waals surface area (Å²) < 4.78 is 0. The number of carbonyl (C=O) groups excluding carboxylic acids is 2. The van der Waals surface area contributed by atoms with E-state index in [0.29, 0.717) is 12.3 Å². The minimum atomic E-state index is -0.405. The number of likely N-dealkylation sites (N-methyl/N-ethyl adjacent to an activating group) is 1. The molecule has 4 nitrogen and oxygen atoms in total. The number of nitrogens with zero attached hydrogens (tertiary/aromatic N) is 1. The van der Waals surface area contributed by atoms with E-state index in [9.17, 15) is 9.59 Å². The van der Waals surface area contributed by atoms with Gasteiger partial charge in [0.1, 0.15) is 6.04 Å². The highest BCUT2D eigenvalue weighted by Gasteiger charge is 2.23. The Bertz CT molecular complexity index is 398. The standard InChI is InChI=1S/C20H36N2O2/c1-16(21-19(23)15-18-11-7-4-8-12-18)20(24)22(2)14-13-17-9-5-3-6-10-17/h16-18H,3-15H2,1-2H3,(H,21,23). The Morgan fingerprint density at radius 3 is 2.08 bits per heavy atom. The van der Waals surface area contributed by atoms with Gasteiger partial charge in [0, 0.05) is 20.0 Å². The van der Waals surface area contributed by atoms with Gasteiger partial charge in [-0.05, 0) is 38.0 Å². The van der Waals surface area contributed by atoms with Crippen molar-refractivity contribution < 1.29 is 9.59 Å². The van der Waals surface area contributed by atoms with Crippen molar-refractivity contribution in [3.05, 3.63) is 0 Å². The van der Waals surface area contributed by atoms with Crippen LogP contribution in [-0.4, -0.2) is 36.3 Å². The zero-order valence-corrected chi connectivity index (χ0v) is 15.7. The van der Waals surface area contributed by atoms with Crippen LogP contribution in [0.2, 0.25) is 0 Å². The SMILES string of the molecule is CC(NC(=O)CC1CCCCC1)C(=O)N(C)CCC1CCCCC1. The van der Waals surface area contributed by atoms with E-state index in [-0.39, 0.29) is 11.8 Å². The summed E-state index contributed by atoms with van der Waals surface area (Å²) in [6, 6.07) is -0.405. The van der Waals surface area contributed by atoms with Crippen molar-refractivity contribution in [1.29, 1.82) is 0 Å². The molecule has 2 aliphatic rings. The Hall–Kier alpha value is -1.06. The fraction of sp³-hybridized carbons (Fsp3) is 0.900. The highest BCUT2D eigenvalue weighted by Crippen LogP contribution is 2.27. The fourth-order valence-electron chi connectivity index (χ4n) is 4.31. The van der Waals surface area contributed by atoms with Crippen LogP contribution < -0.4 is 5.32 Å². The number of rotatable bonds is 7. The van der Waals surface area contributed by atoms with Gasteiger partial charge in [-0.1, -0.05) is 51.4 Å². The van der Waals surface area contributed by atoms with Crippen molar-refractivity contribution in [2.45, 2.75) is 90.0 Å². The van der Waals surface area contributed by atoms with Crippen LogP contribution >= 0.6 is 0 Å². The highest BCUT2D eigenvalue weighted by atomic mass is 16.2. The largest absolute Gasteiger partial charge is 0.345 e. The van der Waals surface area contributed by atoms with E-state index in [1.807, 2.05) is 14.0 Å². The van der Waals surface area contributed by atoms with Gasteiger partial charge in [0.25, 0.3) is 0 Å². The van der Waals surface area contributed by atoms with Crippen LogP contribution in [0.5, 0.6) is 0 Å². The molecule has 138 valence electrons. The number of hydrogen-bond donors (Lipinski definition) is 1. The number of amides is 2. The zero-order valence-electron chi connectivity index (χ0n) is 15.7. The number of nitrogens with one attached hydrogen (secondary N) is 1. The van der Waals surface area contributed by atoms with Crippen molar-refractivity contribution in [3.63, 3.8) is 0 Å². The van der Waals surface area contributed by atoms with Gasteiger partial charge >= 0.3 is 0 Å².